The quantitative estimate of drug-likeness (QED) is 0.131. The van der Waals surface area contributed by atoms with E-state index in [-0.39, 0.29) is 55.0 Å². The van der Waals surface area contributed by atoms with Crippen LogP contribution in [0.1, 0.15) is 57.8 Å². The average molecular weight is 687 g/mol. The topological polar surface area (TPSA) is 59.3 Å². The molecule has 1 aliphatic heterocycles. The fourth-order valence-corrected chi connectivity index (χ4v) is 5.83. The van der Waals surface area contributed by atoms with Crippen molar-refractivity contribution in [3.8, 4) is 0 Å². The van der Waals surface area contributed by atoms with Gasteiger partial charge in [0.2, 0.25) is 0 Å². The zero-order valence-corrected chi connectivity index (χ0v) is 25.8. The highest BCUT2D eigenvalue weighted by Crippen LogP contribution is 2.44. The monoisotopic (exact) mass is 686 g/mol. The van der Waals surface area contributed by atoms with Crippen LogP contribution in [-0.4, -0.2) is 39.9 Å². The first-order valence-electron chi connectivity index (χ1n) is 14.9. The Morgan fingerprint density at radius 3 is 2.10 bits per heavy atom. The van der Waals surface area contributed by atoms with Crippen molar-refractivity contribution < 1.29 is 44.3 Å². The van der Waals surface area contributed by atoms with E-state index in [0.717, 1.165) is 16.4 Å². The molecule has 1 unspecified atom stereocenters. The number of aromatic nitrogens is 4. The Bertz CT molecular complexity index is 1670. The van der Waals surface area contributed by atoms with Crippen molar-refractivity contribution in [2.45, 2.75) is 57.5 Å². The number of halogens is 9. The molecule has 1 aliphatic rings. The summed E-state index contributed by atoms with van der Waals surface area (Å²) in [6.45, 7) is 1.76. The van der Waals surface area contributed by atoms with Crippen LogP contribution in [0, 0.1) is 6.92 Å². The number of rotatable bonds is 9. The van der Waals surface area contributed by atoms with E-state index < -0.39 is 47.8 Å². The molecule has 0 bridgehead atoms. The highest BCUT2D eigenvalue weighted by molar-refractivity contribution is 5.62. The van der Waals surface area contributed by atoms with Crippen molar-refractivity contribution in [1.82, 2.24) is 20.2 Å². The SMILES string of the molecule is Cc1cc2c(cc1C(F)(F)F)N(CCOCc1ccccc1)CCCC2N(Cc1cc(C(F)(F)F)cc(C(F)(F)F)c1)c1nnn(C)n1. The van der Waals surface area contributed by atoms with Crippen LogP contribution in [0.4, 0.5) is 51.1 Å². The van der Waals surface area contributed by atoms with Gasteiger partial charge in [-0.25, -0.2) is 0 Å². The summed E-state index contributed by atoms with van der Waals surface area (Å²) < 4.78 is 131. The van der Waals surface area contributed by atoms with Crippen LogP contribution < -0.4 is 9.80 Å². The normalized spacial score (nSPS) is 15.7. The zero-order valence-electron chi connectivity index (χ0n) is 25.8. The second-order valence-corrected chi connectivity index (χ2v) is 11.5. The highest BCUT2D eigenvalue weighted by atomic mass is 19.4. The lowest BCUT2D eigenvalue weighted by atomic mass is 9.94. The van der Waals surface area contributed by atoms with Crippen molar-refractivity contribution in [2.24, 2.45) is 7.05 Å². The molecule has 0 aliphatic carbocycles. The Balaban J connectivity index is 1.56. The minimum absolute atomic E-state index is 0.0368. The molecule has 7 nitrogen and oxygen atoms in total. The van der Waals surface area contributed by atoms with Gasteiger partial charge in [-0.15, -0.1) is 5.10 Å². The number of anilines is 2. The van der Waals surface area contributed by atoms with Crippen molar-refractivity contribution in [1.29, 1.82) is 0 Å². The molecule has 0 fully saturated rings. The summed E-state index contributed by atoms with van der Waals surface area (Å²) in [5.74, 6) is -0.114. The van der Waals surface area contributed by atoms with Crippen LogP contribution in [0.2, 0.25) is 0 Å². The van der Waals surface area contributed by atoms with Crippen LogP contribution >= 0.6 is 0 Å². The molecular formula is C32H31F9N6O. The molecule has 48 heavy (non-hydrogen) atoms. The number of hydrogen-bond acceptors (Lipinski definition) is 6. The highest BCUT2D eigenvalue weighted by Gasteiger charge is 2.39. The lowest BCUT2D eigenvalue weighted by Gasteiger charge is -2.33. The van der Waals surface area contributed by atoms with Crippen LogP contribution in [0.5, 0.6) is 0 Å². The molecule has 0 spiro atoms. The van der Waals surface area contributed by atoms with E-state index >= 15 is 0 Å². The second-order valence-electron chi connectivity index (χ2n) is 11.5. The number of alkyl halides is 9. The molecule has 0 N–H and O–H groups in total. The maximum absolute atomic E-state index is 14.2. The maximum atomic E-state index is 14.2. The molecule has 0 radical (unpaired) electrons. The van der Waals surface area contributed by atoms with Gasteiger partial charge in [0.1, 0.15) is 0 Å². The van der Waals surface area contributed by atoms with Crippen LogP contribution in [-0.2, 0) is 43.5 Å². The molecule has 16 heteroatoms. The summed E-state index contributed by atoms with van der Waals surface area (Å²) in [6.07, 6.45) is -14.2. The van der Waals surface area contributed by atoms with Gasteiger partial charge >= 0.3 is 18.5 Å². The van der Waals surface area contributed by atoms with Gasteiger partial charge in [0, 0.05) is 25.3 Å². The molecule has 3 aromatic carbocycles. The molecule has 0 saturated heterocycles. The Labute approximate surface area is 269 Å². The Morgan fingerprint density at radius 1 is 0.854 bits per heavy atom. The van der Waals surface area contributed by atoms with Crippen LogP contribution in [0.15, 0.2) is 60.7 Å². The Morgan fingerprint density at radius 2 is 1.52 bits per heavy atom. The van der Waals surface area contributed by atoms with E-state index in [1.807, 2.05) is 30.3 Å². The largest absolute Gasteiger partial charge is 0.416 e. The summed E-state index contributed by atoms with van der Waals surface area (Å²) in [5.41, 5.74) is -2.78. The third-order valence-electron chi connectivity index (χ3n) is 8.03. The maximum Gasteiger partial charge on any atom is 0.416 e. The molecule has 0 amide bonds. The first kappa shape index (κ1) is 35.0. The van der Waals surface area contributed by atoms with Crippen molar-refractivity contribution >= 4 is 11.6 Å². The average Bonchev–Trinajstić information content (AvgIpc) is 3.36. The van der Waals surface area contributed by atoms with Gasteiger partial charge in [-0.05, 0) is 71.5 Å². The lowest BCUT2D eigenvalue weighted by molar-refractivity contribution is -0.143. The van der Waals surface area contributed by atoms with Gasteiger partial charge in [-0.2, -0.15) is 44.3 Å². The molecule has 1 aromatic heterocycles. The smallest absolute Gasteiger partial charge is 0.375 e. The second kappa shape index (κ2) is 13.6. The van der Waals surface area contributed by atoms with Crippen molar-refractivity contribution in [2.75, 3.05) is 29.5 Å². The molecule has 5 rings (SSSR count). The fraction of sp³-hybridized carbons (Fsp3) is 0.406. The summed E-state index contributed by atoms with van der Waals surface area (Å²) in [7, 11) is 1.43. The van der Waals surface area contributed by atoms with Gasteiger partial charge in [0.15, 0.2) is 0 Å². The molecule has 2 heterocycles. The number of nitrogens with zero attached hydrogens (tertiary/aromatic N) is 6. The summed E-state index contributed by atoms with van der Waals surface area (Å²) in [6, 6.07) is 12.1. The minimum Gasteiger partial charge on any atom is -0.375 e. The first-order valence-corrected chi connectivity index (χ1v) is 14.9. The third-order valence-corrected chi connectivity index (χ3v) is 8.03. The number of hydrogen-bond donors (Lipinski definition) is 0. The Kier molecular flexibility index (Phi) is 9.94. The van der Waals surface area contributed by atoms with Gasteiger partial charge in [-0.3, -0.25) is 0 Å². The first-order chi connectivity index (χ1) is 22.5. The van der Waals surface area contributed by atoms with Crippen molar-refractivity contribution in [3.63, 3.8) is 0 Å². The number of benzene rings is 3. The van der Waals surface area contributed by atoms with Gasteiger partial charge in [0.25, 0.3) is 5.95 Å². The van der Waals surface area contributed by atoms with E-state index in [2.05, 4.69) is 15.4 Å². The molecule has 4 aromatic rings. The van der Waals surface area contributed by atoms with E-state index in [1.54, 1.807) is 4.90 Å². The molecule has 0 saturated carbocycles. The van der Waals surface area contributed by atoms with Crippen LogP contribution in [0.3, 0.4) is 0 Å². The third kappa shape index (κ3) is 8.20. The summed E-state index contributed by atoms with van der Waals surface area (Å²) in [4.78, 5) is 4.22. The standard InChI is InChI=1S/C32H31F9N6O/c1-20-13-25-27(9-6-10-46(28(25)17-26(20)32(39,40)41)11-12-48-19-21-7-4-3-5-8-21)47(29-42-44-45(2)43-29)18-22-14-23(30(33,34)35)16-24(15-22)31(36,37)38/h3-5,7-8,13-17,27H,6,9-12,18-19H2,1-2H3. The number of aryl methyl sites for hydroxylation is 2. The molecular weight excluding hydrogens is 655 g/mol. The van der Waals surface area contributed by atoms with E-state index in [4.69, 9.17) is 4.74 Å². The van der Waals surface area contributed by atoms with E-state index in [1.165, 1.54) is 24.9 Å². The minimum atomic E-state index is -5.07. The van der Waals surface area contributed by atoms with Gasteiger partial charge < -0.3 is 14.5 Å². The molecule has 258 valence electrons. The molecule has 1 atom stereocenters. The van der Waals surface area contributed by atoms with Gasteiger partial charge in [0.05, 0.1) is 43.0 Å². The summed E-state index contributed by atoms with van der Waals surface area (Å²) in [5, 5.41) is 12.0. The number of tetrazole rings is 1. The van der Waals surface area contributed by atoms with Crippen LogP contribution in [0.25, 0.3) is 0 Å². The van der Waals surface area contributed by atoms with E-state index in [9.17, 15) is 39.5 Å². The predicted molar refractivity (Wildman–Crippen MR) is 158 cm³/mol. The predicted octanol–water partition coefficient (Wildman–Crippen LogP) is 8.14. The number of fused-ring (bicyclic) bond motifs is 1. The number of ether oxygens (including phenoxy) is 1. The fourth-order valence-electron chi connectivity index (χ4n) is 5.83. The Hall–Kier alpha value is -4.34. The van der Waals surface area contributed by atoms with Gasteiger partial charge in [-0.1, -0.05) is 41.5 Å². The summed E-state index contributed by atoms with van der Waals surface area (Å²) >= 11 is 0. The van der Waals surface area contributed by atoms with Crippen molar-refractivity contribution in [3.05, 3.63) is 99.6 Å². The van der Waals surface area contributed by atoms with E-state index in [0.29, 0.717) is 30.7 Å². The zero-order chi connectivity index (χ0) is 34.9. The lowest BCUT2D eigenvalue weighted by Crippen LogP contribution is -2.31.